The molecule has 0 heterocycles. The molecule has 2 unspecified atom stereocenters. The van der Waals surface area contributed by atoms with Crippen LogP contribution in [0.3, 0.4) is 0 Å². The lowest BCUT2D eigenvalue weighted by Crippen LogP contribution is -2.12. The zero-order valence-corrected chi connectivity index (χ0v) is 6.90. The molecule has 0 saturated heterocycles. The molecule has 58 valence electrons. The van der Waals surface area contributed by atoms with Gasteiger partial charge in [-0.25, -0.2) is 0 Å². The van der Waals surface area contributed by atoms with Gasteiger partial charge in [0.25, 0.3) is 0 Å². The molecule has 0 aromatic rings. The van der Waals surface area contributed by atoms with E-state index in [9.17, 15) is 0 Å². The number of hydrogen-bond donors (Lipinski definition) is 0. The van der Waals surface area contributed by atoms with Gasteiger partial charge in [-0.05, 0) is 47.8 Å². The van der Waals surface area contributed by atoms with Gasteiger partial charge in [0, 0.05) is 0 Å². The van der Waals surface area contributed by atoms with Crippen LogP contribution >= 0.6 is 0 Å². The summed E-state index contributed by atoms with van der Waals surface area (Å²) in [6, 6.07) is 0. The third-order valence-electron chi connectivity index (χ3n) is 3.19. The molecule has 0 radical (unpaired) electrons. The predicted molar refractivity (Wildman–Crippen MR) is 48.3 cm³/mol. The van der Waals surface area contributed by atoms with E-state index in [2.05, 4.69) is 19.7 Å². The van der Waals surface area contributed by atoms with Gasteiger partial charge in [0.05, 0.1) is 0 Å². The molecule has 2 aliphatic carbocycles. The fourth-order valence-electron chi connectivity index (χ4n) is 2.31. The summed E-state index contributed by atoms with van der Waals surface area (Å²) < 4.78 is 0. The molecule has 2 aliphatic rings. The molecule has 2 bridgehead atoms. The van der Waals surface area contributed by atoms with Crippen LogP contribution in [-0.4, -0.2) is 0 Å². The van der Waals surface area contributed by atoms with Gasteiger partial charge in [0.15, 0.2) is 0 Å². The first kappa shape index (κ1) is 6.90. The van der Waals surface area contributed by atoms with E-state index in [4.69, 9.17) is 0 Å². The number of hydrogen-bond acceptors (Lipinski definition) is 0. The summed E-state index contributed by atoms with van der Waals surface area (Å²) in [6.45, 7) is 12.1. The van der Waals surface area contributed by atoms with Crippen LogP contribution in [0.25, 0.3) is 0 Å². The van der Waals surface area contributed by atoms with Gasteiger partial charge < -0.3 is 0 Å². The summed E-state index contributed by atoms with van der Waals surface area (Å²) in [5.41, 5.74) is 3.65. The highest BCUT2D eigenvalue weighted by Gasteiger charge is 2.35. The maximum Gasteiger partial charge on any atom is -0.0156 e. The Bertz CT molecular complexity index is 221. The molecule has 0 aromatic carbocycles. The van der Waals surface area contributed by atoms with E-state index >= 15 is 0 Å². The van der Waals surface area contributed by atoms with Crippen molar-refractivity contribution in [2.24, 2.45) is 11.8 Å². The molecular weight excluding hydrogens is 132 g/mol. The lowest BCUT2D eigenvalue weighted by molar-refractivity contribution is 0.571. The van der Waals surface area contributed by atoms with Gasteiger partial charge in [-0.2, -0.15) is 0 Å². The zero-order chi connectivity index (χ0) is 8.01. The molecular formula is C11H14. The Kier molecular flexibility index (Phi) is 1.32. The van der Waals surface area contributed by atoms with Crippen molar-refractivity contribution < 1.29 is 0 Å². The van der Waals surface area contributed by atoms with Crippen LogP contribution in [0.15, 0.2) is 36.5 Å². The highest BCUT2D eigenvalue weighted by atomic mass is 14.4. The topological polar surface area (TPSA) is 0 Å². The lowest BCUT2D eigenvalue weighted by atomic mass is 9.79. The second-order valence-electron chi connectivity index (χ2n) is 3.74. The fraction of sp³-hybridized carbons (Fsp3) is 0.455. The van der Waals surface area contributed by atoms with E-state index in [1.807, 2.05) is 0 Å². The van der Waals surface area contributed by atoms with Gasteiger partial charge in [-0.15, -0.1) is 0 Å². The van der Waals surface area contributed by atoms with Crippen LogP contribution < -0.4 is 0 Å². The monoisotopic (exact) mass is 146 g/mol. The van der Waals surface area contributed by atoms with E-state index in [-0.39, 0.29) is 0 Å². The largest absolute Gasteiger partial charge is 0.0950 e. The highest BCUT2D eigenvalue weighted by Crippen LogP contribution is 2.48. The third kappa shape index (κ3) is 0.819. The molecule has 2 saturated carbocycles. The van der Waals surface area contributed by atoms with E-state index in [1.165, 1.54) is 30.4 Å². The highest BCUT2D eigenvalue weighted by molar-refractivity contribution is 5.48. The molecule has 0 amide bonds. The zero-order valence-electron chi connectivity index (χ0n) is 6.90. The minimum absolute atomic E-state index is 0.734. The summed E-state index contributed by atoms with van der Waals surface area (Å²) >= 11 is 0. The molecule has 0 aliphatic heterocycles. The van der Waals surface area contributed by atoms with Crippen molar-refractivity contribution in [1.82, 2.24) is 0 Å². The maximum absolute atomic E-state index is 4.06. The van der Waals surface area contributed by atoms with Crippen LogP contribution in [0.4, 0.5) is 0 Å². The predicted octanol–water partition coefficient (Wildman–Crippen LogP) is 3.08. The summed E-state index contributed by atoms with van der Waals surface area (Å²) in [4.78, 5) is 0. The van der Waals surface area contributed by atoms with Crippen molar-refractivity contribution in [3.05, 3.63) is 36.5 Å². The lowest BCUT2D eigenvalue weighted by Gasteiger charge is -2.25. The standard InChI is InChI=1S/C11H14/c1-7-8(2)10-4-5-11(6-10)9(7)3/h10-11H,1-6H2. The number of rotatable bonds is 0. The Morgan fingerprint density at radius 1 is 0.909 bits per heavy atom. The Balaban J connectivity index is 2.37. The summed E-state index contributed by atoms with van der Waals surface area (Å²) in [5.74, 6) is 1.47. The van der Waals surface area contributed by atoms with Gasteiger partial charge in [0.2, 0.25) is 0 Å². The second kappa shape index (κ2) is 2.10. The smallest absolute Gasteiger partial charge is 0.0156 e. The SMILES string of the molecule is C=C1C(=C)C2CCC(C2)C1=C. The van der Waals surface area contributed by atoms with Gasteiger partial charge >= 0.3 is 0 Å². The van der Waals surface area contributed by atoms with Crippen molar-refractivity contribution >= 4 is 0 Å². The maximum atomic E-state index is 4.06. The molecule has 2 fully saturated rings. The van der Waals surface area contributed by atoms with Gasteiger partial charge in [-0.1, -0.05) is 19.7 Å². The molecule has 0 aromatic heterocycles. The summed E-state index contributed by atoms with van der Waals surface area (Å²) in [6.07, 6.45) is 3.90. The molecule has 0 spiro atoms. The average molecular weight is 146 g/mol. The van der Waals surface area contributed by atoms with Crippen LogP contribution in [-0.2, 0) is 0 Å². The Labute approximate surface area is 68.3 Å². The summed E-state index contributed by atoms with van der Waals surface area (Å²) in [7, 11) is 0. The quantitative estimate of drug-likeness (QED) is 0.492. The van der Waals surface area contributed by atoms with Gasteiger partial charge in [-0.3, -0.25) is 0 Å². The Hall–Kier alpha value is -0.780. The van der Waals surface area contributed by atoms with Crippen LogP contribution in [0.5, 0.6) is 0 Å². The third-order valence-corrected chi connectivity index (χ3v) is 3.19. The number of fused-ring (bicyclic) bond motifs is 2. The van der Waals surface area contributed by atoms with Crippen molar-refractivity contribution in [2.45, 2.75) is 19.3 Å². The Morgan fingerprint density at radius 3 is 1.82 bits per heavy atom. The van der Waals surface area contributed by atoms with Crippen molar-refractivity contribution in [3.63, 3.8) is 0 Å². The first-order valence-electron chi connectivity index (χ1n) is 4.27. The average Bonchev–Trinajstić information content (AvgIpc) is 2.44. The first-order chi connectivity index (χ1) is 5.20. The summed E-state index contributed by atoms with van der Waals surface area (Å²) in [5, 5.41) is 0. The van der Waals surface area contributed by atoms with Crippen molar-refractivity contribution in [1.29, 1.82) is 0 Å². The van der Waals surface area contributed by atoms with E-state index in [0.717, 1.165) is 17.4 Å². The van der Waals surface area contributed by atoms with Crippen LogP contribution in [0.1, 0.15) is 19.3 Å². The fourth-order valence-corrected chi connectivity index (χ4v) is 2.31. The van der Waals surface area contributed by atoms with Crippen LogP contribution in [0.2, 0.25) is 0 Å². The van der Waals surface area contributed by atoms with Gasteiger partial charge in [0.1, 0.15) is 0 Å². The molecule has 11 heavy (non-hydrogen) atoms. The van der Waals surface area contributed by atoms with Crippen molar-refractivity contribution in [3.8, 4) is 0 Å². The van der Waals surface area contributed by atoms with E-state index in [0.29, 0.717) is 0 Å². The molecule has 0 heteroatoms. The molecule has 0 nitrogen and oxygen atoms in total. The van der Waals surface area contributed by atoms with Crippen molar-refractivity contribution in [2.75, 3.05) is 0 Å². The second-order valence-corrected chi connectivity index (χ2v) is 3.74. The van der Waals surface area contributed by atoms with Crippen LogP contribution in [0, 0.1) is 11.8 Å². The minimum atomic E-state index is 0.734. The molecule has 0 N–H and O–H groups in total. The Morgan fingerprint density at radius 2 is 1.36 bits per heavy atom. The minimum Gasteiger partial charge on any atom is -0.0950 e. The van der Waals surface area contributed by atoms with E-state index in [1.54, 1.807) is 0 Å². The first-order valence-corrected chi connectivity index (χ1v) is 4.27. The van der Waals surface area contributed by atoms with E-state index < -0.39 is 0 Å². The molecule has 2 atom stereocenters. The molecule has 2 rings (SSSR count). The normalized spacial score (nSPS) is 36.5. The number of allylic oxidation sites excluding steroid dienone is 3.